The highest BCUT2D eigenvalue weighted by molar-refractivity contribution is 5.96. The first-order valence-electron chi connectivity index (χ1n) is 5.41. The summed E-state index contributed by atoms with van der Waals surface area (Å²) in [4.78, 5) is 11.8. The van der Waals surface area contributed by atoms with Gasteiger partial charge in [-0.3, -0.25) is 4.79 Å². The first-order chi connectivity index (χ1) is 7.66. The van der Waals surface area contributed by atoms with Crippen molar-refractivity contribution < 1.29 is 4.79 Å². The standard InChI is InChI=1S/C13H18N2O/c1-3-4-5-9-15-13(16)11-7-6-8-12(14)10(11)2/h3-4,6-8H,5,9,14H2,1-2H3,(H,15,16)/b4-3+. The number of nitrogens with one attached hydrogen (secondary N) is 1. The highest BCUT2D eigenvalue weighted by atomic mass is 16.1. The van der Waals surface area contributed by atoms with Crippen LogP contribution < -0.4 is 11.1 Å². The molecule has 3 nitrogen and oxygen atoms in total. The van der Waals surface area contributed by atoms with Crippen molar-refractivity contribution in [3.8, 4) is 0 Å². The van der Waals surface area contributed by atoms with Crippen molar-refractivity contribution in [1.82, 2.24) is 5.32 Å². The summed E-state index contributed by atoms with van der Waals surface area (Å²) in [5.41, 5.74) is 7.89. The summed E-state index contributed by atoms with van der Waals surface area (Å²) in [5, 5.41) is 2.86. The van der Waals surface area contributed by atoms with Gasteiger partial charge in [0.05, 0.1) is 0 Å². The molecule has 1 aromatic carbocycles. The second-order valence-electron chi connectivity index (χ2n) is 3.63. The molecule has 16 heavy (non-hydrogen) atoms. The Balaban J connectivity index is 2.63. The van der Waals surface area contributed by atoms with E-state index in [4.69, 9.17) is 5.73 Å². The van der Waals surface area contributed by atoms with E-state index in [9.17, 15) is 4.79 Å². The molecule has 0 atom stereocenters. The molecule has 3 heteroatoms. The van der Waals surface area contributed by atoms with Gasteiger partial charge in [0, 0.05) is 17.8 Å². The van der Waals surface area contributed by atoms with Crippen LogP contribution in [0, 0.1) is 6.92 Å². The van der Waals surface area contributed by atoms with Crippen LogP contribution in [-0.4, -0.2) is 12.5 Å². The maximum atomic E-state index is 11.8. The van der Waals surface area contributed by atoms with Crippen molar-refractivity contribution >= 4 is 11.6 Å². The molecule has 0 heterocycles. The predicted octanol–water partition coefficient (Wildman–Crippen LogP) is 2.27. The lowest BCUT2D eigenvalue weighted by Gasteiger charge is -2.08. The second-order valence-corrected chi connectivity index (χ2v) is 3.63. The number of hydrogen-bond acceptors (Lipinski definition) is 2. The van der Waals surface area contributed by atoms with Gasteiger partial charge in [0.1, 0.15) is 0 Å². The molecular weight excluding hydrogens is 200 g/mol. The quantitative estimate of drug-likeness (QED) is 0.463. The Morgan fingerprint density at radius 3 is 2.94 bits per heavy atom. The molecule has 0 fully saturated rings. The number of nitrogen functional groups attached to an aromatic ring is 1. The molecule has 1 amide bonds. The number of hydrogen-bond donors (Lipinski definition) is 2. The summed E-state index contributed by atoms with van der Waals surface area (Å²) in [6, 6.07) is 5.38. The zero-order chi connectivity index (χ0) is 12.0. The minimum Gasteiger partial charge on any atom is -0.398 e. The minimum absolute atomic E-state index is 0.0608. The maximum Gasteiger partial charge on any atom is 0.251 e. The number of nitrogens with two attached hydrogens (primary N) is 1. The third kappa shape index (κ3) is 3.12. The molecule has 0 unspecified atom stereocenters. The van der Waals surface area contributed by atoms with Crippen LogP contribution in [0.25, 0.3) is 0 Å². The topological polar surface area (TPSA) is 55.1 Å². The van der Waals surface area contributed by atoms with Crippen LogP contribution in [0.5, 0.6) is 0 Å². The van der Waals surface area contributed by atoms with Gasteiger partial charge in [0.15, 0.2) is 0 Å². The number of amides is 1. The van der Waals surface area contributed by atoms with Crippen LogP contribution in [0.15, 0.2) is 30.4 Å². The van der Waals surface area contributed by atoms with Gasteiger partial charge in [0.25, 0.3) is 5.91 Å². The average Bonchev–Trinajstić information content (AvgIpc) is 2.28. The van der Waals surface area contributed by atoms with Crippen molar-refractivity contribution in [2.24, 2.45) is 0 Å². The third-order valence-electron chi connectivity index (χ3n) is 2.45. The Bertz CT molecular complexity index is 397. The van der Waals surface area contributed by atoms with Gasteiger partial charge in [-0.25, -0.2) is 0 Å². The Morgan fingerprint density at radius 2 is 2.25 bits per heavy atom. The molecule has 0 bridgehead atoms. The number of rotatable bonds is 4. The monoisotopic (exact) mass is 218 g/mol. The predicted molar refractivity (Wildman–Crippen MR) is 67.4 cm³/mol. The molecule has 0 aromatic heterocycles. The number of allylic oxidation sites excluding steroid dienone is 1. The molecule has 0 spiro atoms. The molecule has 1 rings (SSSR count). The molecule has 0 saturated carbocycles. The molecule has 3 N–H and O–H groups in total. The zero-order valence-corrected chi connectivity index (χ0v) is 9.79. The number of carbonyl (C=O) groups excluding carboxylic acids is 1. The molecular formula is C13H18N2O. The van der Waals surface area contributed by atoms with E-state index in [0.29, 0.717) is 17.8 Å². The fraction of sp³-hybridized carbons (Fsp3) is 0.308. The van der Waals surface area contributed by atoms with Gasteiger partial charge in [0.2, 0.25) is 0 Å². The molecule has 0 radical (unpaired) electrons. The normalized spacial score (nSPS) is 10.6. The SMILES string of the molecule is C/C=C/CCNC(=O)c1cccc(N)c1C. The third-order valence-corrected chi connectivity index (χ3v) is 2.45. The minimum atomic E-state index is -0.0608. The summed E-state index contributed by atoms with van der Waals surface area (Å²) in [6.45, 7) is 4.47. The number of benzene rings is 1. The Labute approximate surface area is 96.3 Å². The maximum absolute atomic E-state index is 11.8. The summed E-state index contributed by atoms with van der Waals surface area (Å²) in [6.07, 6.45) is 4.84. The lowest BCUT2D eigenvalue weighted by atomic mass is 10.1. The van der Waals surface area contributed by atoms with E-state index >= 15 is 0 Å². The molecule has 0 aliphatic rings. The highest BCUT2D eigenvalue weighted by Crippen LogP contribution is 2.15. The van der Waals surface area contributed by atoms with E-state index in [1.54, 1.807) is 18.2 Å². The van der Waals surface area contributed by atoms with E-state index in [1.807, 2.05) is 26.0 Å². The Kier molecular flexibility index (Phi) is 4.58. The van der Waals surface area contributed by atoms with Crippen molar-refractivity contribution in [3.63, 3.8) is 0 Å². The van der Waals surface area contributed by atoms with Crippen LogP contribution in [-0.2, 0) is 0 Å². The van der Waals surface area contributed by atoms with E-state index < -0.39 is 0 Å². The van der Waals surface area contributed by atoms with Crippen LogP contribution in [0.4, 0.5) is 5.69 Å². The molecule has 86 valence electrons. The van der Waals surface area contributed by atoms with Crippen molar-refractivity contribution in [2.45, 2.75) is 20.3 Å². The van der Waals surface area contributed by atoms with Gasteiger partial charge in [-0.15, -0.1) is 0 Å². The lowest BCUT2D eigenvalue weighted by molar-refractivity contribution is 0.0954. The summed E-state index contributed by atoms with van der Waals surface area (Å²) >= 11 is 0. The summed E-state index contributed by atoms with van der Waals surface area (Å²) in [5.74, 6) is -0.0608. The lowest BCUT2D eigenvalue weighted by Crippen LogP contribution is -2.25. The molecule has 1 aromatic rings. The van der Waals surface area contributed by atoms with E-state index in [2.05, 4.69) is 5.32 Å². The smallest absolute Gasteiger partial charge is 0.251 e. The van der Waals surface area contributed by atoms with Gasteiger partial charge < -0.3 is 11.1 Å². The highest BCUT2D eigenvalue weighted by Gasteiger charge is 2.08. The Hall–Kier alpha value is -1.77. The number of carbonyl (C=O) groups is 1. The van der Waals surface area contributed by atoms with E-state index in [1.165, 1.54) is 0 Å². The molecule has 0 aliphatic heterocycles. The number of anilines is 1. The fourth-order valence-electron chi connectivity index (χ4n) is 1.43. The van der Waals surface area contributed by atoms with Crippen LogP contribution in [0.1, 0.15) is 29.3 Å². The van der Waals surface area contributed by atoms with Gasteiger partial charge >= 0.3 is 0 Å². The van der Waals surface area contributed by atoms with Gasteiger partial charge in [-0.2, -0.15) is 0 Å². The van der Waals surface area contributed by atoms with Crippen LogP contribution >= 0.6 is 0 Å². The van der Waals surface area contributed by atoms with Gasteiger partial charge in [-0.1, -0.05) is 18.2 Å². The summed E-state index contributed by atoms with van der Waals surface area (Å²) < 4.78 is 0. The van der Waals surface area contributed by atoms with Crippen LogP contribution in [0.3, 0.4) is 0 Å². The first kappa shape index (κ1) is 12.3. The fourth-order valence-corrected chi connectivity index (χ4v) is 1.43. The van der Waals surface area contributed by atoms with Crippen molar-refractivity contribution in [3.05, 3.63) is 41.5 Å². The van der Waals surface area contributed by atoms with E-state index in [0.717, 1.165) is 12.0 Å². The molecule has 0 aliphatic carbocycles. The Morgan fingerprint density at radius 1 is 1.50 bits per heavy atom. The first-order valence-corrected chi connectivity index (χ1v) is 5.41. The van der Waals surface area contributed by atoms with Gasteiger partial charge in [-0.05, 0) is 38.0 Å². The largest absolute Gasteiger partial charge is 0.398 e. The average molecular weight is 218 g/mol. The van der Waals surface area contributed by atoms with E-state index in [-0.39, 0.29) is 5.91 Å². The second kappa shape index (κ2) is 5.95. The van der Waals surface area contributed by atoms with Crippen molar-refractivity contribution in [2.75, 3.05) is 12.3 Å². The van der Waals surface area contributed by atoms with Crippen molar-refractivity contribution in [1.29, 1.82) is 0 Å². The zero-order valence-electron chi connectivity index (χ0n) is 9.79. The van der Waals surface area contributed by atoms with Crippen LogP contribution in [0.2, 0.25) is 0 Å². The molecule has 0 saturated heterocycles. The summed E-state index contributed by atoms with van der Waals surface area (Å²) in [7, 11) is 0.